The molecule has 0 heterocycles. The van der Waals surface area contributed by atoms with Gasteiger partial charge >= 0.3 is 0 Å². The van der Waals surface area contributed by atoms with Crippen molar-refractivity contribution in [3.63, 3.8) is 0 Å². The Balaban J connectivity index is 1.89. The van der Waals surface area contributed by atoms with Crippen molar-refractivity contribution in [2.24, 2.45) is 0 Å². The molecule has 1 atom stereocenters. The SMILES string of the molecule is CCCCNC(=O)[C@H](Cc1ccccc1)N(Cc1ccccc1Cl)C(=O)COc1cccc(Cl)c1. The summed E-state index contributed by atoms with van der Waals surface area (Å²) in [5, 5.41) is 4.04. The number of unbranched alkanes of at least 4 members (excludes halogenated alkanes) is 1. The Morgan fingerprint density at radius 1 is 0.971 bits per heavy atom. The fourth-order valence-electron chi connectivity index (χ4n) is 3.66. The molecule has 0 aromatic heterocycles. The number of carbonyl (C=O) groups excluding carboxylic acids is 2. The van der Waals surface area contributed by atoms with E-state index >= 15 is 0 Å². The molecular formula is C28H30Cl2N2O3. The first kappa shape index (κ1) is 26.6. The van der Waals surface area contributed by atoms with E-state index in [1.807, 2.05) is 48.5 Å². The number of nitrogens with one attached hydrogen (secondary N) is 1. The van der Waals surface area contributed by atoms with Crippen LogP contribution in [0.4, 0.5) is 0 Å². The molecule has 0 saturated carbocycles. The number of hydrogen-bond donors (Lipinski definition) is 1. The van der Waals surface area contributed by atoms with E-state index in [4.69, 9.17) is 27.9 Å². The lowest BCUT2D eigenvalue weighted by Crippen LogP contribution is -2.51. The van der Waals surface area contributed by atoms with Crippen molar-refractivity contribution in [1.82, 2.24) is 10.2 Å². The van der Waals surface area contributed by atoms with Crippen LogP contribution >= 0.6 is 23.2 Å². The summed E-state index contributed by atoms with van der Waals surface area (Å²) in [5.41, 5.74) is 1.71. The average Bonchev–Trinajstić information content (AvgIpc) is 2.86. The fourth-order valence-corrected chi connectivity index (χ4v) is 4.03. The molecule has 3 aromatic carbocycles. The van der Waals surface area contributed by atoms with Gasteiger partial charge in [-0.05, 0) is 41.8 Å². The summed E-state index contributed by atoms with van der Waals surface area (Å²) in [6.45, 7) is 2.55. The number of carbonyl (C=O) groups is 2. The van der Waals surface area contributed by atoms with E-state index in [2.05, 4.69) is 12.2 Å². The maximum absolute atomic E-state index is 13.5. The summed E-state index contributed by atoms with van der Waals surface area (Å²) >= 11 is 12.5. The zero-order chi connectivity index (χ0) is 25.0. The molecule has 7 heteroatoms. The minimum absolute atomic E-state index is 0.177. The molecule has 0 aliphatic carbocycles. The Labute approximate surface area is 217 Å². The molecule has 0 aliphatic rings. The Morgan fingerprint density at radius 3 is 2.43 bits per heavy atom. The van der Waals surface area contributed by atoms with Gasteiger partial charge < -0.3 is 15.0 Å². The van der Waals surface area contributed by atoms with E-state index in [1.54, 1.807) is 35.2 Å². The number of nitrogens with zero attached hydrogens (tertiary/aromatic N) is 1. The van der Waals surface area contributed by atoms with Gasteiger partial charge in [-0.3, -0.25) is 9.59 Å². The Bertz CT molecular complexity index is 1110. The summed E-state index contributed by atoms with van der Waals surface area (Å²) < 4.78 is 5.74. The second kappa shape index (κ2) is 13.8. The van der Waals surface area contributed by atoms with Crippen LogP contribution in [0, 0.1) is 0 Å². The van der Waals surface area contributed by atoms with Crippen LogP contribution in [0.3, 0.4) is 0 Å². The van der Waals surface area contributed by atoms with Crippen LogP contribution < -0.4 is 10.1 Å². The van der Waals surface area contributed by atoms with E-state index in [9.17, 15) is 9.59 Å². The van der Waals surface area contributed by atoms with Crippen LogP contribution in [0.1, 0.15) is 30.9 Å². The van der Waals surface area contributed by atoms with E-state index < -0.39 is 6.04 Å². The summed E-state index contributed by atoms with van der Waals surface area (Å²) in [6, 6.07) is 23.1. The maximum atomic E-state index is 13.5. The molecule has 184 valence electrons. The highest BCUT2D eigenvalue weighted by atomic mass is 35.5. The van der Waals surface area contributed by atoms with Gasteiger partial charge in [-0.15, -0.1) is 0 Å². The summed E-state index contributed by atoms with van der Waals surface area (Å²) in [4.78, 5) is 28.4. The molecular weight excluding hydrogens is 483 g/mol. The van der Waals surface area contributed by atoms with Gasteiger partial charge in [-0.25, -0.2) is 0 Å². The second-order valence-electron chi connectivity index (χ2n) is 8.21. The van der Waals surface area contributed by atoms with E-state index in [0.29, 0.717) is 28.8 Å². The van der Waals surface area contributed by atoms with Crippen molar-refractivity contribution in [3.05, 3.63) is 100 Å². The van der Waals surface area contributed by atoms with Crippen LogP contribution in [-0.4, -0.2) is 35.9 Å². The van der Waals surface area contributed by atoms with Gasteiger partial charge in [0.05, 0.1) is 0 Å². The lowest BCUT2D eigenvalue weighted by molar-refractivity contribution is -0.142. The Morgan fingerprint density at radius 2 is 1.71 bits per heavy atom. The van der Waals surface area contributed by atoms with Crippen molar-refractivity contribution >= 4 is 35.0 Å². The Kier molecular flexibility index (Phi) is 10.5. The molecule has 1 N–H and O–H groups in total. The smallest absolute Gasteiger partial charge is 0.261 e. The molecule has 2 amide bonds. The number of amides is 2. The number of benzene rings is 3. The quantitative estimate of drug-likeness (QED) is 0.306. The molecule has 0 unspecified atom stereocenters. The van der Waals surface area contributed by atoms with Gasteiger partial charge in [-0.2, -0.15) is 0 Å². The zero-order valence-corrected chi connectivity index (χ0v) is 21.3. The maximum Gasteiger partial charge on any atom is 0.261 e. The minimum atomic E-state index is -0.735. The predicted molar refractivity (Wildman–Crippen MR) is 141 cm³/mol. The molecule has 5 nitrogen and oxygen atoms in total. The lowest BCUT2D eigenvalue weighted by Gasteiger charge is -2.31. The van der Waals surface area contributed by atoms with Crippen molar-refractivity contribution in [2.75, 3.05) is 13.2 Å². The molecule has 0 saturated heterocycles. The number of hydrogen-bond acceptors (Lipinski definition) is 3. The number of ether oxygens (including phenoxy) is 1. The second-order valence-corrected chi connectivity index (χ2v) is 9.05. The molecule has 0 radical (unpaired) electrons. The third-order valence-electron chi connectivity index (χ3n) is 5.56. The first-order valence-corrected chi connectivity index (χ1v) is 12.5. The van der Waals surface area contributed by atoms with Crippen LogP contribution in [0.25, 0.3) is 0 Å². The van der Waals surface area contributed by atoms with E-state index in [0.717, 1.165) is 24.0 Å². The monoisotopic (exact) mass is 512 g/mol. The number of halogens is 2. The highest BCUT2D eigenvalue weighted by molar-refractivity contribution is 6.31. The van der Waals surface area contributed by atoms with Gasteiger partial charge in [0.2, 0.25) is 5.91 Å². The minimum Gasteiger partial charge on any atom is -0.484 e. The van der Waals surface area contributed by atoms with E-state index in [1.165, 1.54) is 0 Å². The lowest BCUT2D eigenvalue weighted by atomic mass is 10.0. The van der Waals surface area contributed by atoms with Gasteiger partial charge in [-0.1, -0.05) is 91.1 Å². The van der Waals surface area contributed by atoms with Gasteiger partial charge in [0.1, 0.15) is 11.8 Å². The fraction of sp³-hybridized carbons (Fsp3) is 0.286. The van der Waals surface area contributed by atoms with Crippen LogP contribution in [0.2, 0.25) is 10.0 Å². The standard InChI is InChI=1S/C28H30Cl2N2O3/c1-2-3-16-31-28(34)26(17-21-10-5-4-6-11-21)32(19-22-12-7-8-15-25(22)30)27(33)20-35-24-14-9-13-23(29)18-24/h4-15,18,26H,2-3,16-17,19-20H2,1H3,(H,31,34)/t26-/m0/s1. The molecule has 3 aromatic rings. The Hall–Kier alpha value is -3.02. The van der Waals surface area contributed by atoms with Gasteiger partial charge in [0.25, 0.3) is 5.91 Å². The van der Waals surface area contributed by atoms with Crippen LogP contribution in [-0.2, 0) is 22.6 Å². The molecule has 35 heavy (non-hydrogen) atoms. The van der Waals surface area contributed by atoms with Crippen molar-refractivity contribution < 1.29 is 14.3 Å². The first-order chi connectivity index (χ1) is 17.0. The van der Waals surface area contributed by atoms with Gasteiger partial charge in [0.15, 0.2) is 6.61 Å². The summed E-state index contributed by atoms with van der Waals surface area (Å²) in [5.74, 6) is -0.0440. The van der Waals surface area contributed by atoms with Crippen molar-refractivity contribution in [1.29, 1.82) is 0 Å². The topological polar surface area (TPSA) is 58.6 Å². The van der Waals surface area contributed by atoms with Crippen LogP contribution in [0.5, 0.6) is 5.75 Å². The van der Waals surface area contributed by atoms with E-state index in [-0.39, 0.29) is 25.0 Å². The molecule has 0 aliphatic heterocycles. The van der Waals surface area contributed by atoms with Crippen LogP contribution in [0.15, 0.2) is 78.9 Å². The highest BCUT2D eigenvalue weighted by Crippen LogP contribution is 2.22. The van der Waals surface area contributed by atoms with Crippen molar-refractivity contribution in [2.45, 2.75) is 38.8 Å². The third kappa shape index (κ3) is 8.30. The van der Waals surface area contributed by atoms with Crippen molar-refractivity contribution in [3.8, 4) is 5.75 Å². The largest absolute Gasteiger partial charge is 0.484 e. The van der Waals surface area contributed by atoms with Gasteiger partial charge in [0, 0.05) is 29.6 Å². The highest BCUT2D eigenvalue weighted by Gasteiger charge is 2.31. The molecule has 0 fully saturated rings. The zero-order valence-electron chi connectivity index (χ0n) is 19.8. The first-order valence-electron chi connectivity index (χ1n) is 11.7. The normalized spacial score (nSPS) is 11.5. The molecule has 0 bridgehead atoms. The third-order valence-corrected chi connectivity index (χ3v) is 6.16. The average molecular weight is 513 g/mol. The molecule has 0 spiro atoms. The number of rotatable bonds is 12. The predicted octanol–water partition coefficient (Wildman–Crippen LogP) is 5.93. The summed E-state index contributed by atoms with van der Waals surface area (Å²) in [6.07, 6.45) is 2.19. The molecule has 3 rings (SSSR count). The summed E-state index contributed by atoms with van der Waals surface area (Å²) in [7, 11) is 0.